The van der Waals surface area contributed by atoms with E-state index in [0.29, 0.717) is 16.1 Å². The van der Waals surface area contributed by atoms with Gasteiger partial charge in [0.1, 0.15) is 5.15 Å². The van der Waals surface area contributed by atoms with Gasteiger partial charge in [0, 0.05) is 35.6 Å². The second-order valence-corrected chi connectivity index (χ2v) is 4.54. The minimum absolute atomic E-state index is 0.294. The molecule has 0 fully saturated rings. The molecule has 0 aliphatic rings. The first-order chi connectivity index (χ1) is 8.58. The summed E-state index contributed by atoms with van der Waals surface area (Å²) in [6, 6.07) is 5.41. The van der Waals surface area contributed by atoms with Crippen LogP contribution in [0.5, 0.6) is 0 Å². The third-order valence-corrected chi connectivity index (χ3v) is 3.24. The van der Waals surface area contributed by atoms with Crippen LogP contribution < -0.4 is 0 Å². The molecule has 0 unspecified atom stereocenters. The van der Waals surface area contributed by atoms with Gasteiger partial charge in [-0.05, 0) is 6.07 Å². The average molecular weight is 261 g/mol. The van der Waals surface area contributed by atoms with Crippen molar-refractivity contribution in [1.82, 2.24) is 9.55 Å². The van der Waals surface area contributed by atoms with Crippen LogP contribution in [0.25, 0.3) is 21.7 Å². The number of rotatable bonds is 1. The molecule has 4 nitrogen and oxygen atoms in total. The lowest BCUT2D eigenvalue weighted by atomic mass is 10.1. The SMILES string of the molecule is Cn1cc(C(=O)O)c2ccc3cnc(Cl)cc3c21. The largest absolute Gasteiger partial charge is 0.478 e. The smallest absolute Gasteiger partial charge is 0.337 e. The number of carboxylic acid groups (broad SMARTS) is 1. The molecule has 0 atom stereocenters. The Balaban J connectivity index is 2.54. The molecule has 2 aromatic heterocycles. The number of halogens is 1. The van der Waals surface area contributed by atoms with Gasteiger partial charge in [-0.15, -0.1) is 0 Å². The maximum atomic E-state index is 11.2. The van der Waals surface area contributed by atoms with E-state index in [0.717, 1.165) is 16.3 Å². The van der Waals surface area contributed by atoms with Gasteiger partial charge in [0.05, 0.1) is 11.1 Å². The van der Waals surface area contributed by atoms with Crippen molar-refractivity contribution in [3.63, 3.8) is 0 Å². The first kappa shape index (κ1) is 11.0. The van der Waals surface area contributed by atoms with Gasteiger partial charge in [0.2, 0.25) is 0 Å². The molecule has 2 heterocycles. The van der Waals surface area contributed by atoms with Crippen molar-refractivity contribution >= 4 is 39.2 Å². The molecule has 0 saturated carbocycles. The number of aromatic nitrogens is 2. The fourth-order valence-electron chi connectivity index (χ4n) is 2.27. The number of aromatic carboxylic acids is 1. The van der Waals surface area contributed by atoms with Gasteiger partial charge in [0.15, 0.2) is 0 Å². The van der Waals surface area contributed by atoms with E-state index in [1.807, 2.05) is 13.1 Å². The number of benzene rings is 1. The molecule has 0 radical (unpaired) electrons. The molecule has 0 bridgehead atoms. The van der Waals surface area contributed by atoms with Crippen LogP contribution in [-0.2, 0) is 7.05 Å². The molecule has 0 amide bonds. The van der Waals surface area contributed by atoms with Gasteiger partial charge in [-0.2, -0.15) is 0 Å². The summed E-state index contributed by atoms with van der Waals surface area (Å²) in [5, 5.41) is 12.1. The summed E-state index contributed by atoms with van der Waals surface area (Å²) < 4.78 is 1.80. The van der Waals surface area contributed by atoms with E-state index in [1.54, 1.807) is 29.1 Å². The molecule has 3 rings (SSSR count). The highest BCUT2D eigenvalue weighted by Gasteiger charge is 2.14. The van der Waals surface area contributed by atoms with E-state index in [9.17, 15) is 9.90 Å². The number of hydrogen-bond donors (Lipinski definition) is 1. The van der Waals surface area contributed by atoms with Crippen molar-refractivity contribution in [2.75, 3.05) is 0 Å². The number of nitrogens with zero attached hydrogens (tertiary/aromatic N) is 2. The Morgan fingerprint density at radius 3 is 2.89 bits per heavy atom. The molecule has 18 heavy (non-hydrogen) atoms. The third kappa shape index (κ3) is 1.46. The first-order valence-electron chi connectivity index (χ1n) is 5.34. The Labute approximate surface area is 107 Å². The zero-order valence-corrected chi connectivity index (χ0v) is 10.3. The lowest BCUT2D eigenvalue weighted by molar-refractivity contribution is 0.0699. The third-order valence-electron chi connectivity index (χ3n) is 3.04. The van der Waals surface area contributed by atoms with E-state index in [-0.39, 0.29) is 0 Å². The number of aryl methyl sites for hydroxylation is 1. The van der Waals surface area contributed by atoms with Crippen molar-refractivity contribution in [3.8, 4) is 0 Å². The first-order valence-corrected chi connectivity index (χ1v) is 5.72. The van der Waals surface area contributed by atoms with E-state index in [4.69, 9.17) is 11.6 Å². The average Bonchev–Trinajstić information content (AvgIpc) is 2.67. The molecule has 0 saturated heterocycles. The zero-order valence-electron chi connectivity index (χ0n) is 9.51. The number of fused-ring (bicyclic) bond motifs is 3. The van der Waals surface area contributed by atoms with Crippen molar-refractivity contribution in [2.45, 2.75) is 0 Å². The predicted octanol–water partition coefficient (Wildman–Crippen LogP) is 3.08. The summed E-state index contributed by atoms with van der Waals surface area (Å²) in [4.78, 5) is 15.2. The Hall–Kier alpha value is -2.07. The van der Waals surface area contributed by atoms with E-state index in [2.05, 4.69) is 4.98 Å². The maximum Gasteiger partial charge on any atom is 0.337 e. The summed E-state index contributed by atoms with van der Waals surface area (Å²) in [7, 11) is 1.82. The molecule has 3 aromatic rings. The van der Waals surface area contributed by atoms with Crippen molar-refractivity contribution < 1.29 is 9.90 Å². The van der Waals surface area contributed by atoms with Crippen LogP contribution in [0.1, 0.15) is 10.4 Å². The second kappa shape index (κ2) is 3.71. The van der Waals surface area contributed by atoms with Gasteiger partial charge in [-0.25, -0.2) is 9.78 Å². The minimum Gasteiger partial charge on any atom is -0.478 e. The number of carboxylic acids is 1. The fraction of sp³-hybridized carbons (Fsp3) is 0.0769. The Kier molecular flexibility index (Phi) is 2.28. The minimum atomic E-state index is -0.930. The van der Waals surface area contributed by atoms with Crippen molar-refractivity contribution in [2.24, 2.45) is 7.05 Å². The zero-order chi connectivity index (χ0) is 12.9. The topological polar surface area (TPSA) is 55.1 Å². The predicted molar refractivity (Wildman–Crippen MR) is 70.2 cm³/mol. The fourth-order valence-corrected chi connectivity index (χ4v) is 2.43. The molecule has 0 spiro atoms. The van der Waals surface area contributed by atoms with Gasteiger partial charge < -0.3 is 9.67 Å². The number of pyridine rings is 1. The molecular formula is C13H9ClN2O2. The Morgan fingerprint density at radius 1 is 1.39 bits per heavy atom. The van der Waals surface area contributed by atoms with E-state index >= 15 is 0 Å². The number of carbonyl (C=O) groups is 1. The monoisotopic (exact) mass is 260 g/mol. The second-order valence-electron chi connectivity index (χ2n) is 4.15. The standard InChI is InChI=1S/C13H9ClN2O2/c1-16-6-10(13(17)18)8-3-2-7-5-15-11(14)4-9(7)12(8)16/h2-6H,1H3,(H,17,18). The van der Waals surface area contributed by atoms with Crippen LogP contribution >= 0.6 is 11.6 Å². The van der Waals surface area contributed by atoms with Crippen LogP contribution in [0.4, 0.5) is 0 Å². The van der Waals surface area contributed by atoms with Crippen molar-refractivity contribution in [1.29, 1.82) is 0 Å². The van der Waals surface area contributed by atoms with Crippen molar-refractivity contribution in [3.05, 3.63) is 41.3 Å². The summed E-state index contributed by atoms with van der Waals surface area (Å²) in [5.41, 5.74) is 1.15. The molecule has 0 aliphatic heterocycles. The maximum absolute atomic E-state index is 11.2. The summed E-state index contributed by atoms with van der Waals surface area (Å²) in [6.07, 6.45) is 3.30. The lowest BCUT2D eigenvalue weighted by Gasteiger charge is -2.03. The molecular weight excluding hydrogens is 252 g/mol. The molecule has 1 aromatic carbocycles. The lowest BCUT2D eigenvalue weighted by Crippen LogP contribution is -1.93. The highest BCUT2D eigenvalue weighted by Crippen LogP contribution is 2.29. The van der Waals surface area contributed by atoms with Gasteiger partial charge in [-0.1, -0.05) is 23.7 Å². The van der Waals surface area contributed by atoms with Crippen LogP contribution in [0.3, 0.4) is 0 Å². The normalized spacial score (nSPS) is 11.2. The summed E-state index contributed by atoms with van der Waals surface area (Å²) in [5.74, 6) is -0.930. The molecule has 90 valence electrons. The Bertz CT molecular complexity index is 792. The molecule has 1 N–H and O–H groups in total. The molecule has 0 aliphatic carbocycles. The van der Waals surface area contributed by atoms with Crippen LogP contribution in [-0.4, -0.2) is 20.6 Å². The summed E-state index contributed by atoms with van der Waals surface area (Å²) in [6.45, 7) is 0. The molecule has 5 heteroatoms. The van der Waals surface area contributed by atoms with Crippen LogP contribution in [0, 0.1) is 0 Å². The van der Waals surface area contributed by atoms with Gasteiger partial charge in [-0.3, -0.25) is 0 Å². The van der Waals surface area contributed by atoms with Crippen LogP contribution in [0.15, 0.2) is 30.6 Å². The summed E-state index contributed by atoms with van der Waals surface area (Å²) >= 11 is 5.90. The van der Waals surface area contributed by atoms with Crippen LogP contribution in [0.2, 0.25) is 5.15 Å². The van der Waals surface area contributed by atoms with E-state index in [1.165, 1.54) is 0 Å². The highest BCUT2D eigenvalue weighted by atomic mass is 35.5. The van der Waals surface area contributed by atoms with Gasteiger partial charge >= 0.3 is 5.97 Å². The van der Waals surface area contributed by atoms with E-state index < -0.39 is 5.97 Å². The van der Waals surface area contributed by atoms with Gasteiger partial charge in [0.25, 0.3) is 0 Å². The number of hydrogen-bond acceptors (Lipinski definition) is 2. The Morgan fingerprint density at radius 2 is 2.17 bits per heavy atom. The quantitative estimate of drug-likeness (QED) is 0.684. The highest BCUT2D eigenvalue weighted by molar-refractivity contribution is 6.30.